The van der Waals surface area contributed by atoms with Gasteiger partial charge in [-0.2, -0.15) is 0 Å². The Morgan fingerprint density at radius 2 is 1.89 bits per heavy atom. The molecule has 0 aliphatic carbocycles. The predicted octanol–water partition coefficient (Wildman–Crippen LogP) is 2.62. The standard InChI is InChI=1S/C21H30N2O4/c1-15(2)22-20(24)17-5-7-18(8-6-17)27-14-16-9-11-23(12-10-16)21(25)19-4-3-13-26-19/h5-8,15-16,19H,3-4,9-14H2,1-2H3,(H,22,24). The first kappa shape index (κ1) is 19.7. The average Bonchev–Trinajstić information content (AvgIpc) is 3.21. The number of hydrogen-bond donors (Lipinski definition) is 1. The van der Waals surface area contributed by atoms with E-state index in [4.69, 9.17) is 9.47 Å². The number of piperidine rings is 1. The Balaban J connectivity index is 1.41. The molecule has 3 rings (SSSR count). The number of carbonyl (C=O) groups is 2. The van der Waals surface area contributed by atoms with Crippen LogP contribution in [0, 0.1) is 5.92 Å². The second-order valence-electron chi connectivity index (χ2n) is 7.73. The normalized spacial score (nSPS) is 20.7. The molecule has 148 valence electrons. The summed E-state index contributed by atoms with van der Waals surface area (Å²) in [6.45, 7) is 6.78. The van der Waals surface area contributed by atoms with Crippen molar-refractivity contribution in [1.29, 1.82) is 0 Å². The Labute approximate surface area is 161 Å². The number of nitrogens with one attached hydrogen (secondary N) is 1. The van der Waals surface area contributed by atoms with Gasteiger partial charge in [0.15, 0.2) is 0 Å². The molecule has 6 nitrogen and oxygen atoms in total. The van der Waals surface area contributed by atoms with Crippen LogP contribution in [0.15, 0.2) is 24.3 Å². The summed E-state index contributed by atoms with van der Waals surface area (Å²) in [5, 5.41) is 2.87. The van der Waals surface area contributed by atoms with Crippen molar-refractivity contribution in [3.8, 4) is 5.75 Å². The second-order valence-corrected chi connectivity index (χ2v) is 7.73. The smallest absolute Gasteiger partial charge is 0.251 e. The van der Waals surface area contributed by atoms with Crippen molar-refractivity contribution in [3.05, 3.63) is 29.8 Å². The van der Waals surface area contributed by atoms with E-state index in [2.05, 4.69) is 5.32 Å². The summed E-state index contributed by atoms with van der Waals surface area (Å²) >= 11 is 0. The Morgan fingerprint density at radius 1 is 1.19 bits per heavy atom. The van der Waals surface area contributed by atoms with Gasteiger partial charge < -0.3 is 19.7 Å². The molecule has 0 radical (unpaired) electrons. The quantitative estimate of drug-likeness (QED) is 0.831. The van der Waals surface area contributed by atoms with Crippen LogP contribution in [0.1, 0.15) is 49.9 Å². The minimum Gasteiger partial charge on any atom is -0.493 e. The average molecular weight is 374 g/mol. The molecule has 0 bridgehead atoms. The number of ether oxygens (including phenoxy) is 2. The van der Waals surface area contributed by atoms with Gasteiger partial charge in [-0.3, -0.25) is 9.59 Å². The van der Waals surface area contributed by atoms with E-state index in [-0.39, 0.29) is 24.0 Å². The van der Waals surface area contributed by atoms with Crippen LogP contribution in [-0.4, -0.2) is 55.2 Å². The van der Waals surface area contributed by atoms with E-state index in [9.17, 15) is 9.59 Å². The van der Waals surface area contributed by atoms with Crippen molar-refractivity contribution in [2.24, 2.45) is 5.92 Å². The maximum absolute atomic E-state index is 12.4. The Hall–Kier alpha value is -2.08. The number of nitrogens with zero attached hydrogens (tertiary/aromatic N) is 1. The van der Waals surface area contributed by atoms with Crippen LogP contribution in [0.4, 0.5) is 0 Å². The molecule has 2 aliphatic heterocycles. The largest absolute Gasteiger partial charge is 0.493 e. The molecule has 1 atom stereocenters. The van der Waals surface area contributed by atoms with E-state index in [1.807, 2.05) is 30.9 Å². The van der Waals surface area contributed by atoms with Crippen LogP contribution >= 0.6 is 0 Å². The molecule has 2 saturated heterocycles. The van der Waals surface area contributed by atoms with E-state index in [0.717, 1.165) is 44.5 Å². The fourth-order valence-corrected chi connectivity index (χ4v) is 3.56. The lowest BCUT2D eigenvalue weighted by Crippen LogP contribution is -2.44. The van der Waals surface area contributed by atoms with Crippen molar-refractivity contribution >= 4 is 11.8 Å². The number of rotatable bonds is 6. The summed E-state index contributed by atoms with van der Waals surface area (Å²) in [6.07, 6.45) is 3.52. The zero-order valence-corrected chi connectivity index (χ0v) is 16.3. The van der Waals surface area contributed by atoms with Crippen molar-refractivity contribution in [2.45, 2.75) is 51.7 Å². The minimum absolute atomic E-state index is 0.0696. The molecule has 0 saturated carbocycles. The highest BCUT2D eigenvalue weighted by atomic mass is 16.5. The molecular formula is C21H30N2O4. The van der Waals surface area contributed by atoms with Gasteiger partial charge in [0.1, 0.15) is 11.9 Å². The molecule has 0 spiro atoms. The molecular weight excluding hydrogens is 344 g/mol. The summed E-state index contributed by atoms with van der Waals surface area (Å²) in [7, 11) is 0. The molecule has 2 amide bonds. The highest BCUT2D eigenvalue weighted by molar-refractivity contribution is 5.94. The summed E-state index contributed by atoms with van der Waals surface area (Å²) in [4.78, 5) is 26.3. The van der Waals surface area contributed by atoms with E-state index in [0.29, 0.717) is 24.7 Å². The monoisotopic (exact) mass is 374 g/mol. The molecule has 1 unspecified atom stereocenters. The lowest BCUT2D eigenvalue weighted by molar-refractivity contribution is -0.142. The van der Waals surface area contributed by atoms with Crippen molar-refractivity contribution in [3.63, 3.8) is 0 Å². The van der Waals surface area contributed by atoms with Gasteiger partial charge in [0, 0.05) is 31.3 Å². The zero-order chi connectivity index (χ0) is 19.2. The van der Waals surface area contributed by atoms with E-state index in [1.165, 1.54) is 0 Å². The first-order chi connectivity index (χ1) is 13.0. The summed E-state index contributed by atoms with van der Waals surface area (Å²) in [5.41, 5.74) is 0.636. The maximum Gasteiger partial charge on any atom is 0.251 e. The van der Waals surface area contributed by atoms with Gasteiger partial charge in [0.25, 0.3) is 11.8 Å². The fraction of sp³-hybridized carbons (Fsp3) is 0.619. The number of hydrogen-bond acceptors (Lipinski definition) is 4. The first-order valence-electron chi connectivity index (χ1n) is 9.97. The number of likely N-dealkylation sites (tertiary alicyclic amines) is 1. The topological polar surface area (TPSA) is 67.9 Å². The molecule has 2 aliphatic rings. The number of amides is 2. The van der Waals surface area contributed by atoms with Gasteiger partial charge in [-0.25, -0.2) is 0 Å². The number of carbonyl (C=O) groups excluding carboxylic acids is 2. The Kier molecular flexibility index (Phi) is 6.72. The van der Waals surface area contributed by atoms with Gasteiger partial charge in [-0.15, -0.1) is 0 Å². The minimum atomic E-state index is -0.218. The van der Waals surface area contributed by atoms with Gasteiger partial charge in [-0.05, 0) is 69.7 Å². The lowest BCUT2D eigenvalue weighted by atomic mass is 9.97. The predicted molar refractivity (Wildman–Crippen MR) is 103 cm³/mol. The summed E-state index contributed by atoms with van der Waals surface area (Å²) in [6, 6.07) is 7.37. The molecule has 2 heterocycles. The summed E-state index contributed by atoms with van der Waals surface area (Å²) < 4.78 is 11.4. The Morgan fingerprint density at radius 3 is 2.48 bits per heavy atom. The van der Waals surface area contributed by atoms with Crippen LogP contribution in [0.5, 0.6) is 5.75 Å². The molecule has 1 N–H and O–H groups in total. The highest BCUT2D eigenvalue weighted by Gasteiger charge is 2.30. The van der Waals surface area contributed by atoms with Crippen molar-refractivity contribution < 1.29 is 19.1 Å². The van der Waals surface area contributed by atoms with Crippen LogP contribution < -0.4 is 10.1 Å². The van der Waals surface area contributed by atoms with Crippen LogP contribution in [0.25, 0.3) is 0 Å². The van der Waals surface area contributed by atoms with Crippen LogP contribution in [0.2, 0.25) is 0 Å². The van der Waals surface area contributed by atoms with Crippen molar-refractivity contribution in [2.75, 3.05) is 26.3 Å². The van der Waals surface area contributed by atoms with E-state index < -0.39 is 0 Å². The molecule has 1 aromatic rings. The maximum atomic E-state index is 12.4. The zero-order valence-electron chi connectivity index (χ0n) is 16.3. The van der Waals surface area contributed by atoms with Gasteiger partial charge in [0.2, 0.25) is 0 Å². The fourth-order valence-electron chi connectivity index (χ4n) is 3.56. The third kappa shape index (κ3) is 5.45. The van der Waals surface area contributed by atoms with Gasteiger partial charge in [0.05, 0.1) is 6.61 Å². The molecule has 6 heteroatoms. The SMILES string of the molecule is CC(C)NC(=O)c1ccc(OCC2CCN(C(=O)C3CCCO3)CC2)cc1. The van der Waals surface area contributed by atoms with E-state index in [1.54, 1.807) is 12.1 Å². The Bertz CT molecular complexity index is 630. The lowest BCUT2D eigenvalue weighted by Gasteiger charge is -2.33. The summed E-state index contributed by atoms with van der Waals surface area (Å²) in [5.74, 6) is 1.30. The van der Waals surface area contributed by atoms with Gasteiger partial charge >= 0.3 is 0 Å². The van der Waals surface area contributed by atoms with Crippen LogP contribution in [0.3, 0.4) is 0 Å². The van der Waals surface area contributed by atoms with Crippen molar-refractivity contribution in [1.82, 2.24) is 10.2 Å². The van der Waals surface area contributed by atoms with Gasteiger partial charge in [-0.1, -0.05) is 0 Å². The molecule has 2 fully saturated rings. The third-order valence-electron chi connectivity index (χ3n) is 5.15. The van der Waals surface area contributed by atoms with Crippen LogP contribution in [-0.2, 0) is 9.53 Å². The third-order valence-corrected chi connectivity index (χ3v) is 5.15. The van der Waals surface area contributed by atoms with E-state index >= 15 is 0 Å². The molecule has 27 heavy (non-hydrogen) atoms. The first-order valence-corrected chi connectivity index (χ1v) is 9.97. The molecule has 0 aromatic heterocycles. The second kappa shape index (κ2) is 9.22. The molecule has 1 aromatic carbocycles. The number of benzene rings is 1. The highest BCUT2D eigenvalue weighted by Crippen LogP contribution is 2.22.